The second-order valence-electron chi connectivity index (χ2n) is 6.19. The number of nitrogens with one attached hydrogen (secondary N) is 1. The van der Waals surface area contributed by atoms with Crippen molar-refractivity contribution in [3.8, 4) is 10.7 Å². The van der Waals surface area contributed by atoms with E-state index in [1.807, 2.05) is 12.3 Å². The molecule has 1 fully saturated rings. The predicted molar refractivity (Wildman–Crippen MR) is 95.9 cm³/mol. The Morgan fingerprint density at radius 2 is 1.92 bits per heavy atom. The summed E-state index contributed by atoms with van der Waals surface area (Å²) in [7, 11) is 0. The molecule has 0 bridgehead atoms. The average Bonchev–Trinajstić information content (AvgIpc) is 3.36. The summed E-state index contributed by atoms with van der Waals surface area (Å²) in [4.78, 5) is 12.7. The molecule has 0 saturated carbocycles. The summed E-state index contributed by atoms with van der Waals surface area (Å²) >= 11 is 1.70. The van der Waals surface area contributed by atoms with E-state index in [1.165, 1.54) is 31.5 Å². The van der Waals surface area contributed by atoms with Crippen LogP contribution in [0.5, 0.6) is 0 Å². The molecule has 0 atom stereocenters. The van der Waals surface area contributed by atoms with Crippen molar-refractivity contribution in [2.45, 2.75) is 32.2 Å². The lowest BCUT2D eigenvalue weighted by atomic mass is 10.1. The number of aromatic nitrogens is 4. The van der Waals surface area contributed by atoms with E-state index >= 15 is 0 Å². The summed E-state index contributed by atoms with van der Waals surface area (Å²) < 4.78 is 0. The van der Waals surface area contributed by atoms with Crippen LogP contribution in [0.2, 0.25) is 0 Å². The van der Waals surface area contributed by atoms with Crippen LogP contribution in [0.15, 0.2) is 36.5 Å². The first-order valence-corrected chi connectivity index (χ1v) is 9.31. The molecule has 2 aromatic heterocycles. The van der Waals surface area contributed by atoms with Crippen LogP contribution in [-0.4, -0.2) is 38.2 Å². The van der Waals surface area contributed by atoms with E-state index in [9.17, 15) is 0 Å². The normalized spacial score (nSPS) is 15.2. The Hall–Kier alpha value is -2.05. The third-order valence-electron chi connectivity index (χ3n) is 4.36. The largest absolute Gasteiger partial charge is 0.297 e. The molecule has 1 aliphatic heterocycles. The Labute approximate surface area is 145 Å². The van der Waals surface area contributed by atoms with Crippen LogP contribution in [0.25, 0.3) is 10.7 Å². The van der Waals surface area contributed by atoms with E-state index in [4.69, 9.17) is 0 Å². The van der Waals surface area contributed by atoms with Gasteiger partial charge in [0.2, 0.25) is 0 Å². The van der Waals surface area contributed by atoms with Gasteiger partial charge in [0.1, 0.15) is 10.8 Å². The molecule has 0 spiro atoms. The van der Waals surface area contributed by atoms with E-state index in [-0.39, 0.29) is 0 Å². The van der Waals surface area contributed by atoms with E-state index in [2.05, 4.69) is 49.3 Å². The molecule has 3 heterocycles. The molecule has 5 nitrogen and oxygen atoms in total. The van der Waals surface area contributed by atoms with Gasteiger partial charge in [-0.2, -0.15) is 5.10 Å². The van der Waals surface area contributed by atoms with Crippen LogP contribution in [0.4, 0.5) is 0 Å². The molecule has 0 aliphatic carbocycles. The summed E-state index contributed by atoms with van der Waals surface area (Å²) in [5, 5.41) is 8.58. The number of likely N-dealkylation sites (tertiary alicyclic amines) is 1. The molecule has 6 heteroatoms. The molecule has 124 valence electrons. The van der Waals surface area contributed by atoms with Crippen molar-refractivity contribution in [3.63, 3.8) is 0 Å². The number of H-pyrrole nitrogens is 1. The maximum Gasteiger partial charge on any atom is 0.192 e. The summed E-state index contributed by atoms with van der Waals surface area (Å²) in [6, 6.07) is 10.5. The number of aryl methyl sites for hydroxylation is 2. The van der Waals surface area contributed by atoms with Crippen molar-refractivity contribution in [3.05, 3.63) is 52.9 Å². The molecule has 1 aromatic carbocycles. The van der Waals surface area contributed by atoms with Crippen LogP contribution in [0, 0.1) is 0 Å². The van der Waals surface area contributed by atoms with Gasteiger partial charge in [0, 0.05) is 12.6 Å². The first-order chi connectivity index (χ1) is 11.9. The van der Waals surface area contributed by atoms with Gasteiger partial charge in [0.15, 0.2) is 5.82 Å². The van der Waals surface area contributed by atoms with Gasteiger partial charge < -0.3 is 0 Å². The van der Waals surface area contributed by atoms with Gasteiger partial charge in [-0.15, -0.1) is 11.3 Å². The Bertz CT molecular complexity index is 774. The molecule has 0 unspecified atom stereocenters. The van der Waals surface area contributed by atoms with Gasteiger partial charge in [-0.3, -0.25) is 10.00 Å². The standard InChI is InChI=1S/C18H21N5S/c1-2-6-14(7-3-1)8-9-16-20-18(22-21-16)15-12-19-17(24-15)13-23-10-4-5-11-23/h1-3,6-7,12H,4-5,8-11,13H2,(H,20,21,22). The highest BCUT2D eigenvalue weighted by atomic mass is 32.1. The van der Waals surface area contributed by atoms with E-state index < -0.39 is 0 Å². The van der Waals surface area contributed by atoms with Gasteiger partial charge in [0.25, 0.3) is 0 Å². The second-order valence-corrected chi connectivity index (χ2v) is 7.31. The summed E-state index contributed by atoms with van der Waals surface area (Å²) in [5.41, 5.74) is 1.32. The van der Waals surface area contributed by atoms with Crippen LogP contribution >= 0.6 is 11.3 Å². The lowest BCUT2D eigenvalue weighted by Gasteiger charge is -2.11. The zero-order chi connectivity index (χ0) is 16.2. The Morgan fingerprint density at radius 3 is 2.75 bits per heavy atom. The van der Waals surface area contributed by atoms with Gasteiger partial charge in [-0.05, 0) is 37.9 Å². The zero-order valence-electron chi connectivity index (χ0n) is 13.6. The highest BCUT2D eigenvalue weighted by Crippen LogP contribution is 2.25. The average molecular weight is 339 g/mol. The Kier molecular flexibility index (Phi) is 4.66. The Morgan fingerprint density at radius 1 is 1.08 bits per heavy atom. The van der Waals surface area contributed by atoms with Crippen LogP contribution < -0.4 is 0 Å². The van der Waals surface area contributed by atoms with Crippen molar-refractivity contribution >= 4 is 11.3 Å². The lowest BCUT2D eigenvalue weighted by Crippen LogP contribution is -2.17. The van der Waals surface area contributed by atoms with Gasteiger partial charge >= 0.3 is 0 Å². The van der Waals surface area contributed by atoms with Crippen LogP contribution in [-0.2, 0) is 19.4 Å². The fourth-order valence-corrected chi connectivity index (χ4v) is 3.94. The van der Waals surface area contributed by atoms with E-state index in [0.29, 0.717) is 0 Å². The smallest absolute Gasteiger partial charge is 0.192 e. The van der Waals surface area contributed by atoms with Crippen molar-refractivity contribution in [2.24, 2.45) is 0 Å². The fraction of sp³-hybridized carbons (Fsp3) is 0.389. The first kappa shape index (κ1) is 15.5. The minimum atomic E-state index is 0.767. The number of aromatic amines is 1. The first-order valence-electron chi connectivity index (χ1n) is 8.49. The predicted octanol–water partition coefficient (Wildman–Crippen LogP) is 3.31. The molecule has 1 aliphatic rings. The summed E-state index contributed by atoms with van der Waals surface area (Å²) in [6.07, 6.45) is 6.36. The number of rotatable bonds is 6. The number of hydrogen-bond donors (Lipinski definition) is 1. The van der Waals surface area contributed by atoms with Crippen LogP contribution in [0.3, 0.4) is 0 Å². The SMILES string of the molecule is c1ccc(CCc2nc(-c3cnc(CN4CCCC4)s3)n[nH]2)cc1. The lowest BCUT2D eigenvalue weighted by molar-refractivity contribution is 0.331. The molecule has 1 saturated heterocycles. The zero-order valence-corrected chi connectivity index (χ0v) is 14.4. The summed E-state index contributed by atoms with van der Waals surface area (Å²) in [5.74, 6) is 1.70. The van der Waals surface area contributed by atoms with Gasteiger partial charge in [-0.1, -0.05) is 30.3 Å². The van der Waals surface area contributed by atoms with Crippen LogP contribution in [0.1, 0.15) is 29.2 Å². The highest BCUT2D eigenvalue weighted by molar-refractivity contribution is 7.15. The number of hydrogen-bond acceptors (Lipinski definition) is 5. The molecule has 0 amide bonds. The fourth-order valence-electron chi connectivity index (χ4n) is 3.04. The molecule has 3 aromatic rings. The van der Waals surface area contributed by atoms with Crippen molar-refractivity contribution < 1.29 is 0 Å². The Balaban J connectivity index is 1.38. The second kappa shape index (κ2) is 7.23. The van der Waals surface area contributed by atoms with Crippen molar-refractivity contribution in [2.75, 3.05) is 13.1 Å². The maximum absolute atomic E-state index is 4.63. The monoisotopic (exact) mass is 339 g/mol. The minimum absolute atomic E-state index is 0.767. The van der Waals surface area contributed by atoms with E-state index in [0.717, 1.165) is 40.9 Å². The number of benzene rings is 1. The maximum atomic E-state index is 4.63. The third-order valence-corrected chi connectivity index (χ3v) is 5.33. The molecule has 24 heavy (non-hydrogen) atoms. The summed E-state index contributed by atoms with van der Waals surface area (Å²) in [6.45, 7) is 3.34. The van der Waals surface area contributed by atoms with Crippen molar-refractivity contribution in [1.82, 2.24) is 25.1 Å². The third kappa shape index (κ3) is 3.71. The van der Waals surface area contributed by atoms with Gasteiger partial charge in [-0.25, -0.2) is 9.97 Å². The highest BCUT2D eigenvalue weighted by Gasteiger charge is 2.15. The number of thiazole rings is 1. The molecular weight excluding hydrogens is 318 g/mol. The number of nitrogens with zero attached hydrogens (tertiary/aromatic N) is 4. The molecule has 0 radical (unpaired) electrons. The molecule has 1 N–H and O–H groups in total. The topological polar surface area (TPSA) is 57.7 Å². The van der Waals surface area contributed by atoms with Crippen molar-refractivity contribution in [1.29, 1.82) is 0 Å². The molecule has 4 rings (SSSR count). The van der Waals surface area contributed by atoms with E-state index in [1.54, 1.807) is 11.3 Å². The minimum Gasteiger partial charge on any atom is -0.297 e. The van der Waals surface area contributed by atoms with Gasteiger partial charge in [0.05, 0.1) is 11.4 Å². The quantitative estimate of drug-likeness (QED) is 0.748. The molecular formula is C18H21N5S.